The summed E-state index contributed by atoms with van der Waals surface area (Å²) in [5, 5.41) is 8.18. The minimum absolute atomic E-state index is 0.00483. The molecule has 2 aliphatic heterocycles. The number of rotatable bonds is 7. The van der Waals surface area contributed by atoms with Gasteiger partial charge in [-0.25, -0.2) is 4.98 Å². The molecule has 0 radical (unpaired) electrons. The second-order valence-electron chi connectivity index (χ2n) is 9.84. The van der Waals surface area contributed by atoms with Crippen molar-refractivity contribution in [3.63, 3.8) is 0 Å². The van der Waals surface area contributed by atoms with E-state index in [4.69, 9.17) is 9.72 Å². The van der Waals surface area contributed by atoms with Gasteiger partial charge in [-0.05, 0) is 56.3 Å². The van der Waals surface area contributed by atoms with Crippen LogP contribution in [0.2, 0.25) is 0 Å². The fraction of sp³-hybridized carbons (Fsp3) is 0.464. The van der Waals surface area contributed by atoms with Crippen molar-refractivity contribution in [2.75, 3.05) is 26.8 Å². The van der Waals surface area contributed by atoms with E-state index in [1.807, 2.05) is 42.5 Å². The van der Waals surface area contributed by atoms with Crippen LogP contribution in [0, 0.1) is 11.0 Å². The zero-order valence-corrected chi connectivity index (χ0v) is 22.0. The smallest absolute Gasteiger partial charge is 0.246 e. The van der Waals surface area contributed by atoms with Gasteiger partial charge in [-0.1, -0.05) is 53.8 Å². The van der Waals surface area contributed by atoms with Crippen LogP contribution in [0.4, 0.5) is 4.39 Å². The molecule has 2 fully saturated rings. The summed E-state index contributed by atoms with van der Waals surface area (Å²) in [6.45, 7) is 3.47. The average Bonchev–Trinajstić information content (AvgIpc) is 3.57. The van der Waals surface area contributed by atoms with Gasteiger partial charge in [-0.15, -0.1) is 0 Å². The van der Waals surface area contributed by atoms with E-state index in [2.05, 4.69) is 10.6 Å². The highest BCUT2D eigenvalue weighted by atomic mass is 32.1. The minimum atomic E-state index is -0.643. The van der Waals surface area contributed by atoms with Crippen molar-refractivity contribution in [2.45, 2.75) is 50.7 Å². The average molecular weight is 525 g/mol. The molecule has 196 valence electrons. The van der Waals surface area contributed by atoms with Crippen molar-refractivity contribution in [2.24, 2.45) is 5.92 Å². The minimum Gasteiger partial charge on any atom is -0.381 e. The first-order valence-electron chi connectivity index (χ1n) is 13.0. The zero-order valence-electron chi connectivity index (χ0n) is 21.2. The highest BCUT2D eigenvalue weighted by Gasteiger charge is 2.40. The van der Waals surface area contributed by atoms with Gasteiger partial charge in [0.05, 0.1) is 12.1 Å². The third kappa shape index (κ3) is 5.26. The number of likely N-dealkylation sites (N-methyl/N-ethyl adjacent to an activating group) is 1. The third-order valence-corrected chi connectivity index (χ3v) is 8.54. The van der Waals surface area contributed by atoms with Crippen LogP contribution in [-0.2, 0) is 14.3 Å². The Labute approximate surface area is 220 Å². The van der Waals surface area contributed by atoms with Crippen molar-refractivity contribution >= 4 is 33.9 Å². The predicted molar refractivity (Wildman–Crippen MR) is 143 cm³/mol. The maximum Gasteiger partial charge on any atom is 0.246 e. The number of nitrogens with zero attached hydrogens (tertiary/aromatic N) is 2. The molecular formula is C28H33FN4O3S. The number of thiazole rings is 1. The number of amides is 2. The first-order chi connectivity index (χ1) is 18.0. The third-order valence-electron chi connectivity index (χ3n) is 7.60. The summed E-state index contributed by atoms with van der Waals surface area (Å²) in [4.78, 5) is 33.3. The standard InChI is InChI=1S/C28H33FN4O3S/c1-17(30-2)26(34)31-23(19-12-15-36-16-13-19)28(35)33-14-6-11-22(33)27-32-24(25(29)37-27)21-10-5-8-18-7-3-4-9-20(18)21/h3-5,7-10,17,19,22-23,30H,6,11-16H2,1-2H3,(H,31,34)/t17-,22-,23-/m0/s1. The number of aromatic nitrogens is 1. The summed E-state index contributed by atoms with van der Waals surface area (Å²) in [5.41, 5.74) is 1.08. The van der Waals surface area contributed by atoms with Crippen LogP contribution < -0.4 is 10.6 Å². The second-order valence-corrected chi connectivity index (χ2v) is 10.8. The first-order valence-corrected chi connectivity index (χ1v) is 13.8. The molecule has 2 aromatic carbocycles. The van der Waals surface area contributed by atoms with E-state index in [-0.39, 0.29) is 28.9 Å². The molecule has 7 nitrogen and oxygen atoms in total. The molecule has 0 bridgehead atoms. The van der Waals surface area contributed by atoms with Crippen molar-refractivity contribution in [3.8, 4) is 11.3 Å². The highest BCUT2D eigenvalue weighted by molar-refractivity contribution is 7.10. The Morgan fingerprint density at radius 1 is 1.14 bits per heavy atom. The molecule has 3 atom stereocenters. The zero-order chi connectivity index (χ0) is 25.9. The van der Waals surface area contributed by atoms with E-state index in [9.17, 15) is 9.59 Å². The number of ether oxygens (including phenoxy) is 1. The normalized spacial score (nSPS) is 20.2. The van der Waals surface area contributed by atoms with Gasteiger partial charge in [0.1, 0.15) is 16.7 Å². The molecular weight excluding hydrogens is 491 g/mol. The lowest BCUT2D eigenvalue weighted by molar-refractivity contribution is -0.140. The maximum atomic E-state index is 15.3. The summed E-state index contributed by atoms with van der Waals surface area (Å²) in [6, 6.07) is 12.3. The van der Waals surface area contributed by atoms with Gasteiger partial charge in [0.2, 0.25) is 16.9 Å². The van der Waals surface area contributed by atoms with E-state index in [1.165, 1.54) is 0 Å². The van der Waals surface area contributed by atoms with Gasteiger partial charge in [0.25, 0.3) is 0 Å². The molecule has 0 spiro atoms. The Kier molecular flexibility index (Phi) is 7.83. The van der Waals surface area contributed by atoms with Crippen molar-refractivity contribution in [1.29, 1.82) is 0 Å². The Hall–Kier alpha value is -2.88. The van der Waals surface area contributed by atoms with E-state index >= 15 is 4.39 Å². The van der Waals surface area contributed by atoms with Crippen molar-refractivity contribution in [3.05, 3.63) is 52.6 Å². The maximum absolute atomic E-state index is 15.3. The molecule has 0 aliphatic carbocycles. The quantitative estimate of drug-likeness (QED) is 0.482. The molecule has 2 aliphatic rings. The number of hydrogen-bond acceptors (Lipinski definition) is 6. The van der Waals surface area contributed by atoms with Gasteiger partial charge in [-0.2, -0.15) is 4.39 Å². The van der Waals surface area contributed by atoms with Crippen molar-refractivity contribution in [1.82, 2.24) is 20.5 Å². The topological polar surface area (TPSA) is 83.6 Å². The number of fused-ring (bicyclic) bond motifs is 1. The molecule has 2 N–H and O–H groups in total. The molecule has 2 amide bonds. The largest absolute Gasteiger partial charge is 0.381 e. The van der Waals surface area contributed by atoms with Crippen LogP contribution in [-0.4, -0.2) is 60.6 Å². The highest BCUT2D eigenvalue weighted by Crippen LogP contribution is 2.40. The lowest BCUT2D eigenvalue weighted by Gasteiger charge is -2.35. The predicted octanol–water partition coefficient (Wildman–Crippen LogP) is 4.29. The van der Waals surface area contributed by atoms with Crippen LogP contribution in [0.3, 0.4) is 0 Å². The Bertz CT molecular complexity index is 1270. The Morgan fingerprint density at radius 3 is 2.68 bits per heavy atom. The van der Waals surface area contributed by atoms with Gasteiger partial charge < -0.3 is 20.3 Å². The first kappa shape index (κ1) is 25.8. The van der Waals surface area contributed by atoms with E-state index in [1.54, 1.807) is 18.9 Å². The lowest BCUT2D eigenvalue weighted by Crippen LogP contribution is -2.56. The fourth-order valence-electron chi connectivity index (χ4n) is 5.36. The summed E-state index contributed by atoms with van der Waals surface area (Å²) < 4.78 is 20.8. The summed E-state index contributed by atoms with van der Waals surface area (Å²) >= 11 is 1.02. The van der Waals surface area contributed by atoms with Crippen LogP contribution in [0.15, 0.2) is 42.5 Å². The number of carbonyl (C=O) groups excluding carboxylic acids is 2. The lowest BCUT2D eigenvalue weighted by atomic mass is 9.90. The van der Waals surface area contributed by atoms with Crippen LogP contribution in [0.1, 0.15) is 43.7 Å². The molecule has 1 aromatic heterocycles. The summed E-state index contributed by atoms with van der Waals surface area (Å²) in [7, 11) is 1.72. The number of benzene rings is 2. The van der Waals surface area contributed by atoms with Crippen molar-refractivity contribution < 1.29 is 18.7 Å². The molecule has 5 rings (SSSR count). The molecule has 9 heteroatoms. The van der Waals surface area contributed by atoms with Gasteiger partial charge in [-0.3, -0.25) is 9.59 Å². The Balaban J connectivity index is 1.43. The number of hydrogen-bond donors (Lipinski definition) is 2. The van der Waals surface area contributed by atoms with Crippen LogP contribution in [0.5, 0.6) is 0 Å². The van der Waals surface area contributed by atoms with E-state index in [0.717, 1.165) is 40.5 Å². The van der Waals surface area contributed by atoms with E-state index in [0.29, 0.717) is 43.3 Å². The molecule has 0 saturated carbocycles. The molecule has 3 aromatic rings. The molecule has 37 heavy (non-hydrogen) atoms. The fourth-order valence-corrected chi connectivity index (χ4v) is 6.32. The molecule has 2 saturated heterocycles. The van der Waals surface area contributed by atoms with Crippen LogP contribution in [0.25, 0.3) is 22.0 Å². The second kappa shape index (κ2) is 11.2. The number of nitrogens with one attached hydrogen (secondary N) is 2. The van der Waals surface area contributed by atoms with Gasteiger partial charge >= 0.3 is 0 Å². The monoisotopic (exact) mass is 524 g/mol. The summed E-state index contributed by atoms with van der Waals surface area (Å²) in [5.74, 6) is -0.329. The van der Waals surface area contributed by atoms with Crippen LogP contribution >= 0.6 is 11.3 Å². The molecule has 0 unspecified atom stereocenters. The SMILES string of the molecule is CN[C@@H](C)C(=O)N[C@H](C(=O)N1CCC[C@H]1c1nc(-c2cccc3ccccc23)c(F)s1)C1CCOCC1. The number of halogens is 1. The Morgan fingerprint density at radius 2 is 1.89 bits per heavy atom. The van der Waals surface area contributed by atoms with Gasteiger partial charge in [0.15, 0.2) is 0 Å². The van der Waals surface area contributed by atoms with E-state index < -0.39 is 12.1 Å². The van der Waals surface area contributed by atoms with Gasteiger partial charge in [0, 0.05) is 25.3 Å². The number of likely N-dealkylation sites (tertiary alicyclic amines) is 1. The summed E-state index contributed by atoms with van der Waals surface area (Å²) in [6.07, 6.45) is 2.94. The number of carbonyl (C=O) groups is 2. The molecule has 3 heterocycles.